The fourth-order valence-corrected chi connectivity index (χ4v) is 4.69. The molecule has 1 amide bonds. The van der Waals surface area contributed by atoms with Crippen LogP contribution in [0.25, 0.3) is 32.5 Å². The summed E-state index contributed by atoms with van der Waals surface area (Å²) in [7, 11) is 1.59. The maximum atomic E-state index is 14.1. The lowest BCUT2D eigenvalue weighted by Crippen LogP contribution is -2.17. The molecule has 0 spiro atoms. The lowest BCUT2D eigenvalue weighted by molar-refractivity contribution is 0.0962. The maximum Gasteiger partial charge on any atom is 0.251 e. The lowest BCUT2D eigenvalue weighted by atomic mass is 10.1. The van der Waals surface area contributed by atoms with E-state index in [-0.39, 0.29) is 17.3 Å². The molecular weight excluding hydrogens is 422 g/mol. The van der Waals surface area contributed by atoms with Crippen LogP contribution in [0.5, 0.6) is 5.75 Å². The zero-order valence-corrected chi connectivity index (χ0v) is 17.1. The zero-order valence-electron chi connectivity index (χ0n) is 16.3. The Morgan fingerprint density at radius 2 is 2.00 bits per heavy atom. The highest BCUT2D eigenvalue weighted by molar-refractivity contribution is 7.19. The lowest BCUT2D eigenvalue weighted by Gasteiger charge is -2.09. The Labute approximate surface area is 179 Å². The van der Waals surface area contributed by atoms with Gasteiger partial charge in [-0.15, -0.1) is 11.3 Å². The number of amides is 1. The molecular formula is C22H16F2N4O2S. The average molecular weight is 438 g/mol. The molecule has 0 saturated carbocycles. The smallest absolute Gasteiger partial charge is 0.251 e. The fourth-order valence-electron chi connectivity index (χ4n) is 3.51. The van der Waals surface area contributed by atoms with Crippen molar-refractivity contribution < 1.29 is 18.3 Å². The second-order valence-electron chi connectivity index (χ2n) is 6.99. The molecule has 0 radical (unpaired) electrons. The molecule has 2 aromatic carbocycles. The Kier molecular flexibility index (Phi) is 4.74. The van der Waals surface area contributed by atoms with Crippen LogP contribution in [0, 0.1) is 11.6 Å². The number of benzene rings is 2. The number of halogens is 2. The highest BCUT2D eigenvalue weighted by Crippen LogP contribution is 2.43. The van der Waals surface area contributed by atoms with Crippen molar-refractivity contribution in [1.29, 1.82) is 0 Å². The number of H-pyrrole nitrogens is 1. The Morgan fingerprint density at radius 1 is 1.16 bits per heavy atom. The summed E-state index contributed by atoms with van der Waals surface area (Å²) in [5, 5.41) is 9.56. The molecule has 4 aromatic rings. The Bertz CT molecular complexity index is 1310. The summed E-state index contributed by atoms with van der Waals surface area (Å²) < 4.78 is 33.1. The third-order valence-corrected chi connectivity index (χ3v) is 6.26. The van der Waals surface area contributed by atoms with E-state index in [4.69, 9.17) is 4.74 Å². The first-order chi connectivity index (χ1) is 15.0. The number of aromatic amines is 1. The predicted molar refractivity (Wildman–Crippen MR) is 113 cm³/mol. The third-order valence-electron chi connectivity index (χ3n) is 5.04. The molecule has 0 unspecified atom stereocenters. The van der Waals surface area contributed by atoms with E-state index in [1.807, 2.05) is 12.1 Å². The Balaban J connectivity index is 1.52. The number of thiophene rings is 1. The van der Waals surface area contributed by atoms with E-state index in [9.17, 15) is 13.6 Å². The molecule has 3 heterocycles. The summed E-state index contributed by atoms with van der Waals surface area (Å²) in [6.45, 7) is 0.482. The molecule has 1 aliphatic heterocycles. The SMILES string of the molecule is CNC(=O)c1ccc2c(c1)OCCc1cc(-c3nc(-c4ccc(F)cc4F)n[nH]3)sc1-2. The quantitative estimate of drug-likeness (QED) is 0.496. The molecule has 31 heavy (non-hydrogen) atoms. The van der Waals surface area contributed by atoms with Crippen molar-refractivity contribution in [2.24, 2.45) is 0 Å². The van der Waals surface area contributed by atoms with Crippen molar-refractivity contribution in [2.45, 2.75) is 6.42 Å². The number of nitrogens with zero attached hydrogens (tertiary/aromatic N) is 2. The monoisotopic (exact) mass is 438 g/mol. The standard InChI is InChI=1S/C22H16F2N4O2S/c1-25-22(29)12-2-4-15-17(8-12)30-7-6-11-9-18(31-19(11)15)21-26-20(27-28-21)14-5-3-13(23)10-16(14)24/h2-5,8-10H,6-7H2,1H3,(H,25,29)(H,26,27,28). The van der Waals surface area contributed by atoms with Crippen molar-refractivity contribution in [3.63, 3.8) is 0 Å². The third kappa shape index (κ3) is 3.46. The van der Waals surface area contributed by atoms with Gasteiger partial charge in [0.1, 0.15) is 17.4 Å². The number of carbonyl (C=O) groups excluding carboxylic acids is 1. The van der Waals surface area contributed by atoms with Crippen LogP contribution in [-0.4, -0.2) is 34.7 Å². The second kappa shape index (κ2) is 7.59. The molecule has 9 heteroatoms. The largest absolute Gasteiger partial charge is 0.493 e. The number of ether oxygens (including phenoxy) is 1. The number of hydrogen-bond donors (Lipinski definition) is 2. The number of rotatable bonds is 3. The molecule has 156 valence electrons. The van der Waals surface area contributed by atoms with Crippen LogP contribution in [-0.2, 0) is 6.42 Å². The maximum absolute atomic E-state index is 14.1. The van der Waals surface area contributed by atoms with Crippen LogP contribution in [0.15, 0.2) is 42.5 Å². The van der Waals surface area contributed by atoms with Gasteiger partial charge in [-0.3, -0.25) is 9.89 Å². The van der Waals surface area contributed by atoms with Gasteiger partial charge in [-0.05, 0) is 42.0 Å². The van der Waals surface area contributed by atoms with Gasteiger partial charge in [0.05, 0.1) is 17.0 Å². The van der Waals surface area contributed by atoms with Gasteiger partial charge >= 0.3 is 0 Å². The van der Waals surface area contributed by atoms with Gasteiger partial charge < -0.3 is 10.1 Å². The molecule has 1 aliphatic rings. The minimum absolute atomic E-state index is 0.127. The van der Waals surface area contributed by atoms with Crippen LogP contribution in [0.4, 0.5) is 8.78 Å². The van der Waals surface area contributed by atoms with Gasteiger partial charge in [0.2, 0.25) is 0 Å². The second-order valence-corrected chi connectivity index (χ2v) is 8.04. The summed E-state index contributed by atoms with van der Waals surface area (Å²) in [6, 6.07) is 10.7. The summed E-state index contributed by atoms with van der Waals surface area (Å²) in [4.78, 5) is 18.2. The number of nitrogens with one attached hydrogen (secondary N) is 2. The average Bonchev–Trinajstić information content (AvgIpc) is 3.37. The van der Waals surface area contributed by atoms with E-state index in [0.717, 1.165) is 26.9 Å². The molecule has 2 N–H and O–H groups in total. The van der Waals surface area contributed by atoms with Crippen LogP contribution in [0.1, 0.15) is 15.9 Å². The number of carbonyl (C=O) groups is 1. The van der Waals surface area contributed by atoms with Gasteiger partial charge in [-0.2, -0.15) is 5.10 Å². The Hall–Kier alpha value is -3.59. The van der Waals surface area contributed by atoms with E-state index < -0.39 is 11.6 Å². The number of hydrogen-bond acceptors (Lipinski definition) is 5. The minimum Gasteiger partial charge on any atom is -0.493 e. The first kappa shape index (κ1) is 19.4. The van der Waals surface area contributed by atoms with Gasteiger partial charge in [0.15, 0.2) is 11.6 Å². The summed E-state index contributed by atoms with van der Waals surface area (Å²) in [5.41, 5.74) is 2.66. The molecule has 0 atom stereocenters. The molecule has 0 bridgehead atoms. The van der Waals surface area contributed by atoms with Crippen LogP contribution < -0.4 is 10.1 Å². The molecule has 2 aromatic heterocycles. The number of fused-ring (bicyclic) bond motifs is 3. The van der Waals surface area contributed by atoms with E-state index >= 15 is 0 Å². The van der Waals surface area contributed by atoms with Crippen molar-refractivity contribution in [3.8, 4) is 38.3 Å². The fraction of sp³-hybridized carbons (Fsp3) is 0.136. The van der Waals surface area contributed by atoms with Crippen molar-refractivity contribution in [1.82, 2.24) is 20.5 Å². The van der Waals surface area contributed by atoms with Gasteiger partial charge in [0, 0.05) is 35.5 Å². The molecule has 6 nitrogen and oxygen atoms in total. The predicted octanol–water partition coefficient (Wildman–Crippen LogP) is 4.44. The van der Waals surface area contributed by atoms with Crippen LogP contribution >= 0.6 is 11.3 Å². The Morgan fingerprint density at radius 3 is 2.81 bits per heavy atom. The summed E-state index contributed by atoms with van der Waals surface area (Å²) in [5.74, 6) is -0.230. The first-order valence-corrected chi connectivity index (χ1v) is 10.4. The van der Waals surface area contributed by atoms with E-state index in [1.165, 1.54) is 23.5 Å². The molecule has 5 rings (SSSR count). The highest BCUT2D eigenvalue weighted by atomic mass is 32.1. The summed E-state index contributed by atoms with van der Waals surface area (Å²) in [6.07, 6.45) is 0.698. The van der Waals surface area contributed by atoms with Crippen molar-refractivity contribution in [2.75, 3.05) is 13.7 Å². The zero-order chi connectivity index (χ0) is 21.5. The topological polar surface area (TPSA) is 79.9 Å². The molecule has 0 saturated heterocycles. The summed E-state index contributed by atoms with van der Waals surface area (Å²) >= 11 is 1.51. The van der Waals surface area contributed by atoms with E-state index in [1.54, 1.807) is 19.2 Å². The van der Waals surface area contributed by atoms with Gasteiger partial charge in [0.25, 0.3) is 5.91 Å². The number of aromatic nitrogens is 3. The van der Waals surface area contributed by atoms with Crippen molar-refractivity contribution >= 4 is 17.2 Å². The van der Waals surface area contributed by atoms with Crippen molar-refractivity contribution in [3.05, 3.63) is 65.2 Å². The normalized spacial score (nSPS) is 12.5. The van der Waals surface area contributed by atoms with E-state index in [0.29, 0.717) is 30.2 Å². The molecule has 0 aliphatic carbocycles. The van der Waals surface area contributed by atoms with Gasteiger partial charge in [-0.1, -0.05) is 0 Å². The highest BCUT2D eigenvalue weighted by Gasteiger charge is 2.22. The van der Waals surface area contributed by atoms with Gasteiger partial charge in [-0.25, -0.2) is 13.8 Å². The van der Waals surface area contributed by atoms with Crippen LogP contribution in [0.2, 0.25) is 0 Å². The first-order valence-electron chi connectivity index (χ1n) is 9.53. The van der Waals surface area contributed by atoms with E-state index in [2.05, 4.69) is 20.5 Å². The minimum atomic E-state index is -0.717. The molecule has 0 fully saturated rings. The van der Waals surface area contributed by atoms with Crippen LogP contribution in [0.3, 0.4) is 0 Å².